The third-order valence-electron chi connectivity index (χ3n) is 2.96. The fourth-order valence-electron chi connectivity index (χ4n) is 1.94. The van der Waals surface area contributed by atoms with E-state index >= 15 is 0 Å². The van der Waals surface area contributed by atoms with Gasteiger partial charge in [-0.2, -0.15) is 10.1 Å². The van der Waals surface area contributed by atoms with Crippen molar-refractivity contribution in [2.24, 2.45) is 0 Å². The fraction of sp³-hybridized carbons (Fsp3) is 0.0714. The Hall–Kier alpha value is -2.60. The highest BCUT2D eigenvalue weighted by atomic mass is 35.5. The highest BCUT2D eigenvalue weighted by molar-refractivity contribution is 6.32. The van der Waals surface area contributed by atoms with Crippen LogP contribution in [-0.4, -0.2) is 26.9 Å². The number of rotatable bonds is 3. The molecule has 3 aromatic rings. The van der Waals surface area contributed by atoms with Gasteiger partial charge in [0.1, 0.15) is 5.02 Å². The molecule has 0 aliphatic rings. The normalized spacial score (nSPS) is 10.6. The Morgan fingerprint density at radius 1 is 1.24 bits per heavy atom. The van der Waals surface area contributed by atoms with Crippen LogP contribution in [0.3, 0.4) is 0 Å². The minimum absolute atomic E-state index is 0.227. The molecule has 7 heteroatoms. The molecule has 0 unspecified atom stereocenters. The molecule has 6 nitrogen and oxygen atoms in total. The first kappa shape index (κ1) is 13.4. The number of hydrogen-bond acceptors (Lipinski definition) is 5. The van der Waals surface area contributed by atoms with E-state index < -0.39 is 0 Å². The Bertz CT molecular complexity index is 787. The summed E-state index contributed by atoms with van der Waals surface area (Å²) >= 11 is 6.11. The van der Waals surface area contributed by atoms with Gasteiger partial charge in [-0.15, -0.1) is 0 Å². The molecule has 0 radical (unpaired) electrons. The third-order valence-corrected chi connectivity index (χ3v) is 3.22. The van der Waals surface area contributed by atoms with Crippen LogP contribution in [0.4, 0.5) is 5.69 Å². The van der Waals surface area contributed by atoms with Gasteiger partial charge in [0.05, 0.1) is 19.5 Å². The average molecular weight is 302 g/mol. The number of anilines is 1. The smallest absolute Gasteiger partial charge is 0.318 e. The molecule has 2 heterocycles. The Morgan fingerprint density at radius 2 is 2.05 bits per heavy atom. The standard InChI is InChI=1S/C14H12ClN5O/c1-21-14-17-7-11(15)13(19-14)20-8-9(6-18-20)10-4-2-3-5-12(10)16/h2-8H,16H2,1H3. The molecule has 0 aliphatic heterocycles. The maximum absolute atomic E-state index is 6.11. The van der Waals surface area contributed by atoms with Crippen LogP contribution in [-0.2, 0) is 0 Å². The number of benzene rings is 1. The molecule has 0 aliphatic carbocycles. The minimum atomic E-state index is 0.227. The van der Waals surface area contributed by atoms with Crippen LogP contribution in [0.25, 0.3) is 16.9 Å². The van der Waals surface area contributed by atoms with Gasteiger partial charge < -0.3 is 10.5 Å². The van der Waals surface area contributed by atoms with E-state index in [4.69, 9.17) is 22.1 Å². The summed E-state index contributed by atoms with van der Waals surface area (Å²) in [6.45, 7) is 0. The fourth-order valence-corrected chi connectivity index (χ4v) is 2.12. The van der Waals surface area contributed by atoms with Gasteiger partial charge in [-0.1, -0.05) is 29.8 Å². The van der Waals surface area contributed by atoms with Gasteiger partial charge in [0.2, 0.25) is 0 Å². The molecule has 0 atom stereocenters. The molecule has 0 saturated heterocycles. The summed E-state index contributed by atoms with van der Waals surface area (Å²) in [5.74, 6) is 0.448. The predicted molar refractivity (Wildman–Crippen MR) is 80.6 cm³/mol. The Labute approximate surface area is 126 Å². The SMILES string of the molecule is COc1ncc(Cl)c(-n2cc(-c3ccccc3N)cn2)n1. The number of nitrogens with zero attached hydrogens (tertiary/aromatic N) is 4. The lowest BCUT2D eigenvalue weighted by atomic mass is 10.1. The summed E-state index contributed by atoms with van der Waals surface area (Å²) in [7, 11) is 1.49. The summed E-state index contributed by atoms with van der Waals surface area (Å²) < 4.78 is 6.56. The molecule has 1 aromatic carbocycles. The van der Waals surface area contributed by atoms with Gasteiger partial charge in [0, 0.05) is 23.0 Å². The van der Waals surface area contributed by atoms with Crippen molar-refractivity contribution in [3.63, 3.8) is 0 Å². The molecule has 2 aromatic heterocycles. The van der Waals surface area contributed by atoms with Crippen molar-refractivity contribution >= 4 is 17.3 Å². The molecule has 3 rings (SSSR count). The molecule has 21 heavy (non-hydrogen) atoms. The van der Waals surface area contributed by atoms with E-state index in [0.29, 0.717) is 16.5 Å². The minimum Gasteiger partial charge on any atom is -0.467 e. The van der Waals surface area contributed by atoms with Crippen LogP contribution in [0.15, 0.2) is 42.9 Å². The van der Waals surface area contributed by atoms with Crippen LogP contribution >= 0.6 is 11.6 Å². The average Bonchev–Trinajstić information content (AvgIpc) is 2.97. The van der Waals surface area contributed by atoms with Crippen molar-refractivity contribution < 1.29 is 4.74 Å². The number of hydrogen-bond donors (Lipinski definition) is 1. The molecule has 0 amide bonds. The van der Waals surface area contributed by atoms with Crippen LogP contribution in [0.5, 0.6) is 6.01 Å². The first-order valence-electron chi connectivity index (χ1n) is 6.15. The summed E-state index contributed by atoms with van der Waals surface area (Å²) in [5, 5.41) is 4.65. The highest BCUT2D eigenvalue weighted by Gasteiger charge is 2.11. The number of ether oxygens (including phenoxy) is 1. The van der Waals surface area contributed by atoms with Crippen LogP contribution < -0.4 is 10.5 Å². The zero-order chi connectivity index (χ0) is 14.8. The molecule has 0 spiro atoms. The van der Waals surface area contributed by atoms with Gasteiger partial charge in [-0.25, -0.2) is 9.67 Å². The number of methoxy groups -OCH3 is 1. The number of halogens is 1. The largest absolute Gasteiger partial charge is 0.467 e. The van der Waals surface area contributed by atoms with Gasteiger partial charge in [-0.05, 0) is 6.07 Å². The monoisotopic (exact) mass is 301 g/mol. The lowest BCUT2D eigenvalue weighted by Gasteiger charge is -2.04. The van der Waals surface area contributed by atoms with Gasteiger partial charge in [-0.3, -0.25) is 0 Å². The zero-order valence-electron chi connectivity index (χ0n) is 11.2. The number of nitrogens with two attached hydrogens (primary N) is 1. The molecule has 106 valence electrons. The van der Waals surface area contributed by atoms with E-state index in [1.807, 2.05) is 24.3 Å². The first-order valence-corrected chi connectivity index (χ1v) is 6.53. The second-order valence-corrected chi connectivity index (χ2v) is 4.70. The van der Waals surface area contributed by atoms with E-state index in [2.05, 4.69) is 15.1 Å². The Kier molecular flexibility index (Phi) is 3.45. The summed E-state index contributed by atoms with van der Waals surface area (Å²) in [5.41, 5.74) is 8.43. The molecule has 0 saturated carbocycles. The summed E-state index contributed by atoms with van der Waals surface area (Å²) in [6.07, 6.45) is 4.98. The second-order valence-electron chi connectivity index (χ2n) is 4.29. The van der Waals surface area contributed by atoms with Crippen molar-refractivity contribution in [1.29, 1.82) is 0 Å². The van der Waals surface area contributed by atoms with Crippen LogP contribution in [0, 0.1) is 0 Å². The predicted octanol–water partition coefficient (Wildman–Crippen LogP) is 2.57. The van der Waals surface area contributed by atoms with Crippen molar-refractivity contribution in [2.45, 2.75) is 0 Å². The zero-order valence-corrected chi connectivity index (χ0v) is 11.9. The third kappa shape index (κ3) is 2.53. The number of aromatic nitrogens is 4. The van der Waals surface area contributed by atoms with E-state index in [9.17, 15) is 0 Å². The summed E-state index contributed by atoms with van der Waals surface area (Å²) in [4.78, 5) is 8.13. The number of para-hydroxylation sites is 1. The molecular formula is C14H12ClN5O. The first-order chi connectivity index (χ1) is 10.2. The molecule has 2 N–H and O–H groups in total. The Morgan fingerprint density at radius 3 is 2.81 bits per heavy atom. The molecular weight excluding hydrogens is 290 g/mol. The lowest BCUT2D eigenvalue weighted by molar-refractivity contribution is 0.379. The summed E-state index contributed by atoms with van der Waals surface area (Å²) in [6, 6.07) is 7.80. The van der Waals surface area contributed by atoms with Gasteiger partial charge >= 0.3 is 6.01 Å². The van der Waals surface area contributed by atoms with Gasteiger partial charge in [0.15, 0.2) is 5.82 Å². The van der Waals surface area contributed by atoms with Crippen LogP contribution in [0.1, 0.15) is 0 Å². The van der Waals surface area contributed by atoms with E-state index in [1.165, 1.54) is 13.3 Å². The van der Waals surface area contributed by atoms with E-state index in [0.717, 1.165) is 11.1 Å². The lowest BCUT2D eigenvalue weighted by Crippen LogP contribution is -2.02. The Balaban J connectivity index is 2.05. The second kappa shape index (κ2) is 5.41. The quantitative estimate of drug-likeness (QED) is 0.752. The van der Waals surface area contributed by atoms with Crippen molar-refractivity contribution in [3.05, 3.63) is 47.9 Å². The van der Waals surface area contributed by atoms with Crippen LogP contribution in [0.2, 0.25) is 5.02 Å². The van der Waals surface area contributed by atoms with Crippen molar-refractivity contribution in [2.75, 3.05) is 12.8 Å². The maximum atomic E-state index is 6.11. The van der Waals surface area contributed by atoms with Gasteiger partial charge in [0.25, 0.3) is 0 Å². The maximum Gasteiger partial charge on any atom is 0.318 e. The molecule has 0 bridgehead atoms. The van der Waals surface area contributed by atoms with Crippen molar-refractivity contribution in [3.8, 4) is 23.0 Å². The van der Waals surface area contributed by atoms with E-state index in [-0.39, 0.29) is 6.01 Å². The highest BCUT2D eigenvalue weighted by Crippen LogP contribution is 2.27. The van der Waals surface area contributed by atoms with E-state index in [1.54, 1.807) is 17.1 Å². The topological polar surface area (TPSA) is 78.9 Å². The van der Waals surface area contributed by atoms with Crippen molar-refractivity contribution in [1.82, 2.24) is 19.7 Å². The molecule has 0 fully saturated rings. The number of nitrogen functional groups attached to an aromatic ring is 1.